The summed E-state index contributed by atoms with van der Waals surface area (Å²) in [6.07, 6.45) is 4.11. The molecule has 0 aromatic carbocycles. The third kappa shape index (κ3) is 2.43. The second-order valence-electron chi connectivity index (χ2n) is 6.39. The van der Waals surface area contributed by atoms with Gasteiger partial charge in [0.05, 0.1) is 0 Å². The standard InChI is InChI=1S/C14H28N2/c1-10-4-5-13(7-15)14(6-10)16-8-11(2)12(3)9-16/h10-14H,4-9,15H2,1-3H3. The minimum absolute atomic E-state index is 0.758. The average Bonchev–Trinajstić information content (AvgIpc) is 2.59. The number of likely N-dealkylation sites (tertiary alicyclic amines) is 1. The van der Waals surface area contributed by atoms with Gasteiger partial charge in [-0.2, -0.15) is 0 Å². The second kappa shape index (κ2) is 5.05. The Balaban J connectivity index is 2.00. The molecule has 2 aliphatic rings. The maximum absolute atomic E-state index is 5.95. The first-order valence-electron chi connectivity index (χ1n) is 7.06. The Bertz CT molecular complexity index is 219. The molecule has 2 rings (SSSR count). The van der Waals surface area contributed by atoms with Crippen molar-refractivity contribution in [2.24, 2.45) is 29.4 Å². The molecule has 5 unspecified atom stereocenters. The predicted octanol–water partition coefficient (Wildman–Crippen LogP) is 2.34. The second-order valence-corrected chi connectivity index (χ2v) is 6.39. The summed E-state index contributed by atoms with van der Waals surface area (Å²) in [6.45, 7) is 10.7. The maximum Gasteiger partial charge on any atom is 0.0138 e. The molecule has 2 N–H and O–H groups in total. The van der Waals surface area contributed by atoms with Crippen LogP contribution in [0.2, 0.25) is 0 Å². The van der Waals surface area contributed by atoms with E-state index in [0.717, 1.165) is 36.3 Å². The van der Waals surface area contributed by atoms with Crippen LogP contribution < -0.4 is 5.73 Å². The van der Waals surface area contributed by atoms with E-state index < -0.39 is 0 Å². The smallest absolute Gasteiger partial charge is 0.0138 e. The van der Waals surface area contributed by atoms with Gasteiger partial charge in [-0.3, -0.25) is 4.90 Å². The molecule has 5 atom stereocenters. The fourth-order valence-corrected chi connectivity index (χ4v) is 3.58. The molecule has 1 saturated heterocycles. The van der Waals surface area contributed by atoms with E-state index in [1.54, 1.807) is 0 Å². The summed E-state index contributed by atoms with van der Waals surface area (Å²) in [4.78, 5) is 2.74. The lowest BCUT2D eigenvalue weighted by Crippen LogP contribution is -2.45. The van der Waals surface area contributed by atoms with Gasteiger partial charge in [-0.15, -0.1) is 0 Å². The van der Waals surface area contributed by atoms with Gasteiger partial charge in [0.1, 0.15) is 0 Å². The van der Waals surface area contributed by atoms with Crippen LogP contribution in [0.3, 0.4) is 0 Å². The lowest BCUT2D eigenvalue weighted by molar-refractivity contribution is 0.103. The summed E-state index contributed by atoms with van der Waals surface area (Å²) in [7, 11) is 0. The zero-order chi connectivity index (χ0) is 11.7. The molecule has 1 saturated carbocycles. The summed E-state index contributed by atoms with van der Waals surface area (Å²) >= 11 is 0. The first-order valence-corrected chi connectivity index (χ1v) is 7.06. The van der Waals surface area contributed by atoms with Crippen molar-refractivity contribution in [2.45, 2.75) is 46.1 Å². The van der Waals surface area contributed by atoms with Gasteiger partial charge in [-0.25, -0.2) is 0 Å². The fraction of sp³-hybridized carbons (Fsp3) is 1.00. The molecule has 0 aromatic heterocycles. The Hall–Kier alpha value is -0.0800. The Labute approximate surface area is 101 Å². The van der Waals surface area contributed by atoms with Crippen LogP contribution in [0.4, 0.5) is 0 Å². The summed E-state index contributed by atoms with van der Waals surface area (Å²) in [5.41, 5.74) is 5.95. The monoisotopic (exact) mass is 224 g/mol. The maximum atomic E-state index is 5.95. The Morgan fingerprint density at radius 3 is 2.25 bits per heavy atom. The third-order valence-electron chi connectivity index (χ3n) is 5.01. The zero-order valence-corrected chi connectivity index (χ0v) is 11.2. The summed E-state index contributed by atoms with van der Waals surface area (Å²) < 4.78 is 0. The highest BCUT2D eigenvalue weighted by Gasteiger charge is 2.37. The summed E-state index contributed by atoms with van der Waals surface area (Å²) in [5.74, 6) is 3.40. The molecule has 1 aliphatic heterocycles. The van der Waals surface area contributed by atoms with Crippen molar-refractivity contribution < 1.29 is 0 Å². The molecule has 2 heteroatoms. The molecule has 0 bridgehead atoms. The lowest BCUT2D eigenvalue weighted by Gasteiger charge is -2.40. The highest BCUT2D eigenvalue weighted by atomic mass is 15.2. The molecular weight excluding hydrogens is 196 g/mol. The first-order chi connectivity index (χ1) is 7.61. The molecule has 0 aromatic rings. The SMILES string of the molecule is CC1CCC(CN)C(N2CC(C)C(C)C2)C1. The van der Waals surface area contributed by atoms with Gasteiger partial charge in [-0.05, 0) is 43.1 Å². The van der Waals surface area contributed by atoms with Gasteiger partial charge >= 0.3 is 0 Å². The van der Waals surface area contributed by atoms with Crippen LogP contribution >= 0.6 is 0 Å². The van der Waals surface area contributed by atoms with Gasteiger partial charge in [0.15, 0.2) is 0 Å². The topological polar surface area (TPSA) is 29.3 Å². The highest BCUT2D eigenvalue weighted by Crippen LogP contribution is 2.35. The van der Waals surface area contributed by atoms with Gasteiger partial charge < -0.3 is 5.73 Å². The van der Waals surface area contributed by atoms with Crippen LogP contribution in [0.15, 0.2) is 0 Å². The Kier molecular flexibility index (Phi) is 3.91. The molecule has 0 amide bonds. The van der Waals surface area contributed by atoms with E-state index in [0.29, 0.717) is 0 Å². The number of hydrogen-bond donors (Lipinski definition) is 1. The number of nitrogens with two attached hydrogens (primary N) is 1. The normalized spacial score (nSPS) is 46.1. The van der Waals surface area contributed by atoms with E-state index in [4.69, 9.17) is 5.73 Å². The molecule has 0 radical (unpaired) electrons. The van der Waals surface area contributed by atoms with Gasteiger partial charge in [0.25, 0.3) is 0 Å². The summed E-state index contributed by atoms with van der Waals surface area (Å²) in [5, 5.41) is 0. The van der Waals surface area contributed by atoms with Crippen molar-refractivity contribution in [1.82, 2.24) is 4.90 Å². The van der Waals surface area contributed by atoms with Crippen LogP contribution in [0.5, 0.6) is 0 Å². The van der Waals surface area contributed by atoms with Crippen LogP contribution in [-0.4, -0.2) is 30.6 Å². The lowest BCUT2D eigenvalue weighted by atomic mass is 9.78. The van der Waals surface area contributed by atoms with Crippen LogP contribution in [0, 0.1) is 23.7 Å². The molecule has 1 aliphatic carbocycles. The van der Waals surface area contributed by atoms with Crippen LogP contribution in [0.1, 0.15) is 40.0 Å². The zero-order valence-electron chi connectivity index (χ0n) is 11.2. The van der Waals surface area contributed by atoms with E-state index in [9.17, 15) is 0 Å². The highest BCUT2D eigenvalue weighted by molar-refractivity contribution is 4.91. The van der Waals surface area contributed by atoms with Gasteiger partial charge in [0.2, 0.25) is 0 Å². The minimum atomic E-state index is 0.758. The third-order valence-corrected chi connectivity index (χ3v) is 5.01. The van der Waals surface area contributed by atoms with E-state index in [2.05, 4.69) is 25.7 Å². The van der Waals surface area contributed by atoms with Crippen LogP contribution in [-0.2, 0) is 0 Å². The molecule has 16 heavy (non-hydrogen) atoms. The Morgan fingerprint density at radius 1 is 1.06 bits per heavy atom. The van der Waals surface area contributed by atoms with Gasteiger partial charge in [-0.1, -0.05) is 27.2 Å². The molecule has 0 spiro atoms. The van der Waals surface area contributed by atoms with E-state index in [1.807, 2.05) is 0 Å². The predicted molar refractivity (Wildman–Crippen MR) is 69.2 cm³/mol. The number of hydrogen-bond acceptors (Lipinski definition) is 2. The minimum Gasteiger partial charge on any atom is -0.330 e. The van der Waals surface area contributed by atoms with Crippen molar-refractivity contribution in [3.8, 4) is 0 Å². The van der Waals surface area contributed by atoms with E-state index in [-0.39, 0.29) is 0 Å². The molecular formula is C14H28N2. The quantitative estimate of drug-likeness (QED) is 0.780. The van der Waals surface area contributed by atoms with E-state index in [1.165, 1.54) is 32.4 Å². The fourth-order valence-electron chi connectivity index (χ4n) is 3.58. The number of nitrogens with zero attached hydrogens (tertiary/aromatic N) is 1. The van der Waals surface area contributed by atoms with Crippen molar-refractivity contribution in [3.05, 3.63) is 0 Å². The largest absolute Gasteiger partial charge is 0.330 e. The molecule has 2 nitrogen and oxygen atoms in total. The molecule has 1 heterocycles. The van der Waals surface area contributed by atoms with Gasteiger partial charge in [0, 0.05) is 19.1 Å². The van der Waals surface area contributed by atoms with Crippen molar-refractivity contribution >= 4 is 0 Å². The molecule has 2 fully saturated rings. The Morgan fingerprint density at radius 2 is 1.69 bits per heavy atom. The first kappa shape index (κ1) is 12.4. The summed E-state index contributed by atoms with van der Waals surface area (Å²) in [6, 6.07) is 0.779. The van der Waals surface area contributed by atoms with Crippen molar-refractivity contribution in [3.63, 3.8) is 0 Å². The average molecular weight is 224 g/mol. The van der Waals surface area contributed by atoms with Crippen LogP contribution in [0.25, 0.3) is 0 Å². The van der Waals surface area contributed by atoms with Crippen molar-refractivity contribution in [2.75, 3.05) is 19.6 Å². The van der Waals surface area contributed by atoms with Crippen molar-refractivity contribution in [1.29, 1.82) is 0 Å². The van der Waals surface area contributed by atoms with E-state index >= 15 is 0 Å². The number of rotatable bonds is 2. The molecule has 94 valence electrons.